The van der Waals surface area contributed by atoms with Gasteiger partial charge in [-0.25, -0.2) is 9.97 Å². The second-order valence-electron chi connectivity index (χ2n) is 7.63. The number of hydrogen-bond donors (Lipinski definition) is 3. The molecule has 30 heavy (non-hydrogen) atoms. The van der Waals surface area contributed by atoms with Crippen molar-refractivity contribution in [2.45, 2.75) is 25.5 Å². The highest BCUT2D eigenvalue weighted by Crippen LogP contribution is 2.29. The van der Waals surface area contributed by atoms with Gasteiger partial charge in [0.2, 0.25) is 0 Å². The molecule has 4 aromatic rings. The molecule has 3 N–H and O–H groups in total. The number of rotatable bonds is 6. The van der Waals surface area contributed by atoms with E-state index in [0.29, 0.717) is 12.6 Å². The molecule has 1 fully saturated rings. The van der Waals surface area contributed by atoms with Crippen molar-refractivity contribution in [3.05, 3.63) is 72.6 Å². The summed E-state index contributed by atoms with van der Waals surface area (Å²) < 4.78 is 5.90. The summed E-state index contributed by atoms with van der Waals surface area (Å²) in [6.07, 6.45) is 3.83. The van der Waals surface area contributed by atoms with E-state index >= 15 is 0 Å². The number of benzene rings is 2. The zero-order chi connectivity index (χ0) is 20.2. The number of H-pyrrole nitrogens is 1. The van der Waals surface area contributed by atoms with Gasteiger partial charge in [-0.2, -0.15) is 0 Å². The van der Waals surface area contributed by atoms with E-state index < -0.39 is 0 Å². The minimum Gasteiger partial charge on any atom is -0.489 e. The Labute approximate surface area is 175 Å². The summed E-state index contributed by atoms with van der Waals surface area (Å²) in [6, 6.07) is 20.9. The van der Waals surface area contributed by atoms with Gasteiger partial charge in [-0.1, -0.05) is 30.3 Å². The predicted molar refractivity (Wildman–Crippen MR) is 120 cm³/mol. The van der Waals surface area contributed by atoms with Gasteiger partial charge < -0.3 is 20.4 Å². The normalized spacial score (nSPS) is 14.7. The minimum atomic E-state index is 0.448. The first-order valence-corrected chi connectivity index (χ1v) is 10.4. The molecule has 0 saturated carbocycles. The van der Waals surface area contributed by atoms with E-state index in [9.17, 15) is 0 Å². The van der Waals surface area contributed by atoms with Crippen molar-refractivity contribution in [2.75, 3.05) is 18.4 Å². The summed E-state index contributed by atoms with van der Waals surface area (Å²) in [4.78, 5) is 12.3. The third-order valence-electron chi connectivity index (χ3n) is 5.52. The molecule has 0 bridgehead atoms. The standard InChI is InChI=1S/C24H25N5O/c1-2-4-17(5-3-1)15-30-20-8-6-18(7-9-20)22-14-21-23(26-16-27-24(21)29-22)28-19-10-12-25-13-11-19/h1-9,14,16,19,25H,10-13,15H2,(H2,26,27,28,29). The van der Waals surface area contributed by atoms with Crippen molar-refractivity contribution in [1.82, 2.24) is 20.3 Å². The smallest absolute Gasteiger partial charge is 0.143 e. The van der Waals surface area contributed by atoms with E-state index in [2.05, 4.69) is 55.9 Å². The predicted octanol–water partition coefficient (Wildman–Crippen LogP) is 4.37. The molecule has 3 heterocycles. The Morgan fingerprint density at radius 1 is 0.967 bits per heavy atom. The maximum Gasteiger partial charge on any atom is 0.143 e. The van der Waals surface area contributed by atoms with Crippen molar-refractivity contribution in [3.63, 3.8) is 0 Å². The lowest BCUT2D eigenvalue weighted by atomic mass is 10.1. The minimum absolute atomic E-state index is 0.448. The summed E-state index contributed by atoms with van der Waals surface area (Å²) in [7, 11) is 0. The number of hydrogen-bond acceptors (Lipinski definition) is 5. The summed E-state index contributed by atoms with van der Waals surface area (Å²) in [5.41, 5.74) is 4.12. The van der Waals surface area contributed by atoms with Gasteiger partial charge in [-0.3, -0.25) is 0 Å². The first-order chi connectivity index (χ1) is 14.8. The van der Waals surface area contributed by atoms with Crippen LogP contribution in [-0.2, 0) is 6.61 Å². The molecule has 1 saturated heterocycles. The molecular weight excluding hydrogens is 374 g/mol. The maximum absolute atomic E-state index is 5.90. The van der Waals surface area contributed by atoms with Crippen LogP contribution in [0.4, 0.5) is 5.82 Å². The fourth-order valence-corrected chi connectivity index (χ4v) is 3.84. The molecule has 1 aliphatic heterocycles. The highest BCUT2D eigenvalue weighted by molar-refractivity contribution is 5.91. The van der Waals surface area contributed by atoms with Gasteiger partial charge in [0.25, 0.3) is 0 Å². The van der Waals surface area contributed by atoms with Crippen molar-refractivity contribution >= 4 is 16.9 Å². The average molecular weight is 399 g/mol. The molecule has 2 aromatic heterocycles. The largest absolute Gasteiger partial charge is 0.489 e. The van der Waals surface area contributed by atoms with Crippen LogP contribution in [0.1, 0.15) is 18.4 Å². The fourth-order valence-electron chi connectivity index (χ4n) is 3.84. The topological polar surface area (TPSA) is 74.9 Å². The molecule has 6 nitrogen and oxygen atoms in total. The number of aromatic amines is 1. The Balaban J connectivity index is 1.32. The summed E-state index contributed by atoms with van der Waals surface area (Å²) in [5.74, 6) is 1.75. The summed E-state index contributed by atoms with van der Waals surface area (Å²) in [5, 5.41) is 8.02. The van der Waals surface area contributed by atoms with Gasteiger partial charge in [0.15, 0.2) is 0 Å². The van der Waals surface area contributed by atoms with Crippen molar-refractivity contribution in [2.24, 2.45) is 0 Å². The van der Waals surface area contributed by atoms with E-state index in [4.69, 9.17) is 4.74 Å². The van der Waals surface area contributed by atoms with Crippen molar-refractivity contribution in [1.29, 1.82) is 0 Å². The number of piperidine rings is 1. The summed E-state index contributed by atoms with van der Waals surface area (Å²) in [6.45, 7) is 2.65. The quantitative estimate of drug-likeness (QED) is 0.449. The molecular formula is C24H25N5O. The van der Waals surface area contributed by atoms with Gasteiger partial charge in [0.05, 0.1) is 5.39 Å². The molecule has 5 rings (SSSR count). The van der Waals surface area contributed by atoms with Crippen LogP contribution in [0.3, 0.4) is 0 Å². The van der Waals surface area contributed by atoms with Crippen LogP contribution in [0.5, 0.6) is 5.75 Å². The van der Waals surface area contributed by atoms with Crippen LogP contribution in [0.25, 0.3) is 22.3 Å². The van der Waals surface area contributed by atoms with E-state index in [1.165, 1.54) is 0 Å². The highest BCUT2D eigenvalue weighted by atomic mass is 16.5. The maximum atomic E-state index is 5.90. The SMILES string of the molecule is c1ccc(COc2ccc(-c3cc4c(NC5CCNCC5)ncnc4[nH]3)cc2)cc1. The Morgan fingerprint density at radius 3 is 2.57 bits per heavy atom. The Kier molecular flexibility index (Phi) is 5.31. The lowest BCUT2D eigenvalue weighted by molar-refractivity contribution is 0.306. The zero-order valence-corrected chi connectivity index (χ0v) is 16.8. The van der Waals surface area contributed by atoms with Gasteiger partial charge in [0, 0.05) is 11.7 Å². The highest BCUT2D eigenvalue weighted by Gasteiger charge is 2.16. The molecule has 0 amide bonds. The molecule has 152 valence electrons. The summed E-state index contributed by atoms with van der Waals surface area (Å²) >= 11 is 0. The third kappa shape index (κ3) is 4.14. The van der Waals surface area contributed by atoms with E-state index in [1.807, 2.05) is 30.3 Å². The fraction of sp³-hybridized carbons (Fsp3) is 0.250. The Hall–Kier alpha value is -3.38. The first-order valence-electron chi connectivity index (χ1n) is 10.4. The first kappa shape index (κ1) is 18.6. The molecule has 0 unspecified atom stereocenters. The van der Waals surface area contributed by atoms with Crippen molar-refractivity contribution in [3.8, 4) is 17.0 Å². The third-order valence-corrected chi connectivity index (χ3v) is 5.52. The van der Waals surface area contributed by atoms with Gasteiger partial charge in [-0.05, 0) is 67.4 Å². The lowest BCUT2D eigenvalue weighted by Gasteiger charge is -2.24. The zero-order valence-electron chi connectivity index (χ0n) is 16.8. The molecule has 2 aromatic carbocycles. The van der Waals surface area contributed by atoms with Crippen molar-refractivity contribution < 1.29 is 4.74 Å². The van der Waals surface area contributed by atoms with Gasteiger partial charge in [0.1, 0.15) is 30.1 Å². The second-order valence-corrected chi connectivity index (χ2v) is 7.63. The van der Waals surface area contributed by atoms with Crippen LogP contribution in [0.15, 0.2) is 67.0 Å². The molecule has 1 aliphatic rings. The molecule has 0 atom stereocenters. The average Bonchev–Trinajstić information content (AvgIpc) is 3.25. The number of nitrogens with zero attached hydrogens (tertiary/aromatic N) is 2. The van der Waals surface area contributed by atoms with E-state index in [0.717, 1.165) is 65.4 Å². The monoisotopic (exact) mass is 399 g/mol. The number of ether oxygens (including phenoxy) is 1. The van der Waals surface area contributed by atoms with E-state index in [-0.39, 0.29) is 0 Å². The Bertz CT molecular complexity index is 1100. The van der Waals surface area contributed by atoms with Crippen LogP contribution in [0, 0.1) is 0 Å². The van der Waals surface area contributed by atoms with E-state index in [1.54, 1.807) is 6.33 Å². The molecule has 0 spiro atoms. The Morgan fingerprint density at radius 2 is 1.77 bits per heavy atom. The van der Waals surface area contributed by atoms with Crippen LogP contribution < -0.4 is 15.4 Å². The van der Waals surface area contributed by atoms with Crippen LogP contribution in [-0.4, -0.2) is 34.1 Å². The number of nitrogens with one attached hydrogen (secondary N) is 3. The molecule has 6 heteroatoms. The second kappa shape index (κ2) is 8.55. The van der Waals surface area contributed by atoms with Crippen LogP contribution >= 0.6 is 0 Å². The lowest BCUT2D eigenvalue weighted by Crippen LogP contribution is -2.35. The number of fused-ring (bicyclic) bond motifs is 1. The molecule has 0 radical (unpaired) electrons. The van der Waals surface area contributed by atoms with Gasteiger partial charge in [-0.15, -0.1) is 0 Å². The van der Waals surface area contributed by atoms with Crippen LogP contribution in [0.2, 0.25) is 0 Å². The number of anilines is 1. The number of aromatic nitrogens is 3. The van der Waals surface area contributed by atoms with Gasteiger partial charge >= 0.3 is 0 Å². The molecule has 0 aliphatic carbocycles.